The molecule has 2 N–H and O–H groups in total. The normalized spacial score (nSPS) is 10.4. The average Bonchev–Trinajstić information content (AvgIpc) is 2.31. The van der Waals surface area contributed by atoms with E-state index in [0.29, 0.717) is 5.92 Å². The van der Waals surface area contributed by atoms with Crippen LogP contribution in [-0.2, 0) is 6.42 Å². The summed E-state index contributed by atoms with van der Waals surface area (Å²) in [6.07, 6.45) is 3.23. The number of amides is 2. The summed E-state index contributed by atoms with van der Waals surface area (Å²) in [7, 11) is 0. The number of carbonyl (C=O) groups is 1. The lowest BCUT2D eigenvalue weighted by atomic mass is 10.1. The zero-order valence-electron chi connectivity index (χ0n) is 11.6. The molecule has 1 aromatic rings. The van der Waals surface area contributed by atoms with Gasteiger partial charge in [-0.15, -0.1) is 0 Å². The molecule has 0 fully saturated rings. The molecule has 0 bridgehead atoms. The van der Waals surface area contributed by atoms with Crippen LogP contribution in [0, 0.1) is 5.92 Å². The molecular weight excluding hydrogens is 224 g/mol. The fraction of sp³-hybridized carbons (Fsp3) is 0.533. The number of aryl methyl sites for hydroxylation is 1. The molecule has 3 heteroatoms. The summed E-state index contributed by atoms with van der Waals surface area (Å²) in [6, 6.07) is 7.90. The molecule has 0 saturated heterocycles. The van der Waals surface area contributed by atoms with Crippen molar-refractivity contribution in [2.75, 3.05) is 11.9 Å². The number of hydrogen-bond acceptors (Lipinski definition) is 1. The zero-order chi connectivity index (χ0) is 13.4. The maximum Gasteiger partial charge on any atom is 0.319 e. The third kappa shape index (κ3) is 5.71. The summed E-state index contributed by atoms with van der Waals surface area (Å²) in [6.45, 7) is 7.17. The molecule has 0 aliphatic rings. The third-order valence-electron chi connectivity index (χ3n) is 2.76. The molecule has 18 heavy (non-hydrogen) atoms. The molecule has 0 spiro atoms. The Balaban J connectivity index is 2.35. The summed E-state index contributed by atoms with van der Waals surface area (Å²) in [4.78, 5) is 11.6. The minimum atomic E-state index is -0.126. The first kappa shape index (κ1) is 14.6. The molecule has 0 aliphatic heterocycles. The van der Waals surface area contributed by atoms with E-state index in [-0.39, 0.29) is 6.03 Å². The van der Waals surface area contributed by atoms with Crippen LogP contribution >= 0.6 is 0 Å². The van der Waals surface area contributed by atoms with Crippen molar-refractivity contribution < 1.29 is 4.79 Å². The molecule has 0 unspecified atom stereocenters. The van der Waals surface area contributed by atoms with Crippen LogP contribution in [0.3, 0.4) is 0 Å². The Bertz CT molecular complexity index is 357. The second-order valence-corrected chi connectivity index (χ2v) is 5.01. The van der Waals surface area contributed by atoms with Crippen molar-refractivity contribution in [3.05, 3.63) is 29.8 Å². The van der Waals surface area contributed by atoms with E-state index in [0.717, 1.165) is 31.5 Å². The molecule has 1 aromatic carbocycles. The van der Waals surface area contributed by atoms with Gasteiger partial charge in [0.05, 0.1) is 0 Å². The first-order chi connectivity index (χ1) is 8.61. The molecule has 0 atom stereocenters. The van der Waals surface area contributed by atoms with Crippen LogP contribution in [0.1, 0.15) is 39.2 Å². The highest BCUT2D eigenvalue weighted by Crippen LogP contribution is 2.10. The summed E-state index contributed by atoms with van der Waals surface area (Å²) >= 11 is 0. The van der Waals surface area contributed by atoms with Crippen molar-refractivity contribution >= 4 is 11.7 Å². The van der Waals surface area contributed by atoms with E-state index < -0.39 is 0 Å². The monoisotopic (exact) mass is 248 g/mol. The van der Waals surface area contributed by atoms with E-state index in [1.807, 2.05) is 12.1 Å². The molecule has 100 valence electrons. The maximum absolute atomic E-state index is 11.6. The van der Waals surface area contributed by atoms with Crippen LogP contribution in [-0.4, -0.2) is 12.6 Å². The third-order valence-corrected chi connectivity index (χ3v) is 2.76. The lowest BCUT2D eigenvalue weighted by Gasteiger charge is -2.09. The Morgan fingerprint density at radius 3 is 2.44 bits per heavy atom. The second-order valence-electron chi connectivity index (χ2n) is 5.01. The van der Waals surface area contributed by atoms with Gasteiger partial charge in [0.25, 0.3) is 0 Å². The molecule has 0 radical (unpaired) electrons. The first-order valence-electron chi connectivity index (χ1n) is 6.75. The summed E-state index contributed by atoms with van der Waals surface area (Å²) in [5.41, 5.74) is 2.15. The first-order valence-corrected chi connectivity index (χ1v) is 6.75. The van der Waals surface area contributed by atoms with Gasteiger partial charge in [-0.05, 0) is 36.5 Å². The molecule has 1 rings (SSSR count). The van der Waals surface area contributed by atoms with Gasteiger partial charge in [-0.1, -0.05) is 39.3 Å². The van der Waals surface area contributed by atoms with Crippen LogP contribution in [0.15, 0.2) is 24.3 Å². The van der Waals surface area contributed by atoms with Gasteiger partial charge >= 0.3 is 6.03 Å². The number of urea groups is 1. The van der Waals surface area contributed by atoms with E-state index in [1.54, 1.807) is 0 Å². The quantitative estimate of drug-likeness (QED) is 0.789. The van der Waals surface area contributed by atoms with Crippen molar-refractivity contribution in [2.45, 2.75) is 40.0 Å². The lowest BCUT2D eigenvalue weighted by Crippen LogP contribution is -2.30. The average molecular weight is 248 g/mol. The maximum atomic E-state index is 11.6. The predicted molar refractivity (Wildman–Crippen MR) is 76.9 cm³/mol. The van der Waals surface area contributed by atoms with Crippen molar-refractivity contribution in [1.82, 2.24) is 5.32 Å². The fourth-order valence-corrected chi connectivity index (χ4v) is 1.69. The minimum Gasteiger partial charge on any atom is -0.338 e. The Labute approximate surface area is 110 Å². The van der Waals surface area contributed by atoms with Gasteiger partial charge in [-0.3, -0.25) is 0 Å². The highest BCUT2D eigenvalue weighted by molar-refractivity contribution is 5.89. The van der Waals surface area contributed by atoms with Crippen LogP contribution in [0.5, 0.6) is 0 Å². The van der Waals surface area contributed by atoms with Crippen molar-refractivity contribution in [1.29, 1.82) is 0 Å². The Hall–Kier alpha value is -1.51. The van der Waals surface area contributed by atoms with Gasteiger partial charge in [0.15, 0.2) is 0 Å². The van der Waals surface area contributed by atoms with Crippen LogP contribution in [0.4, 0.5) is 10.5 Å². The molecule has 0 aliphatic carbocycles. The minimum absolute atomic E-state index is 0.126. The van der Waals surface area contributed by atoms with Gasteiger partial charge in [0, 0.05) is 12.2 Å². The van der Waals surface area contributed by atoms with E-state index >= 15 is 0 Å². The van der Waals surface area contributed by atoms with E-state index in [2.05, 4.69) is 43.5 Å². The Morgan fingerprint density at radius 2 is 1.89 bits per heavy atom. The molecule has 0 aromatic heterocycles. The molecule has 0 saturated carbocycles. The van der Waals surface area contributed by atoms with Crippen LogP contribution < -0.4 is 10.6 Å². The highest BCUT2D eigenvalue weighted by Gasteiger charge is 2.01. The Kier molecular flexibility index (Phi) is 6.26. The SMILES string of the molecule is CCCc1ccc(NC(=O)NCCC(C)C)cc1. The lowest BCUT2D eigenvalue weighted by molar-refractivity contribution is 0.251. The van der Waals surface area contributed by atoms with E-state index in [1.165, 1.54) is 5.56 Å². The predicted octanol–water partition coefficient (Wildman–Crippen LogP) is 3.81. The van der Waals surface area contributed by atoms with Gasteiger partial charge in [0.1, 0.15) is 0 Å². The van der Waals surface area contributed by atoms with Gasteiger partial charge in [-0.25, -0.2) is 4.79 Å². The molecular formula is C15H24N2O. The summed E-state index contributed by atoms with van der Waals surface area (Å²) < 4.78 is 0. The Morgan fingerprint density at radius 1 is 1.22 bits per heavy atom. The number of carbonyl (C=O) groups excluding carboxylic acids is 1. The number of rotatable bonds is 6. The number of anilines is 1. The standard InChI is InChI=1S/C15H24N2O/c1-4-5-13-6-8-14(9-7-13)17-15(18)16-11-10-12(2)3/h6-9,12H,4-5,10-11H2,1-3H3,(H2,16,17,18). The van der Waals surface area contributed by atoms with Gasteiger partial charge < -0.3 is 10.6 Å². The van der Waals surface area contributed by atoms with Gasteiger partial charge in [-0.2, -0.15) is 0 Å². The van der Waals surface area contributed by atoms with Crippen LogP contribution in [0.25, 0.3) is 0 Å². The van der Waals surface area contributed by atoms with Crippen molar-refractivity contribution in [3.63, 3.8) is 0 Å². The van der Waals surface area contributed by atoms with E-state index in [4.69, 9.17) is 0 Å². The second kappa shape index (κ2) is 7.75. The number of hydrogen-bond donors (Lipinski definition) is 2. The van der Waals surface area contributed by atoms with Crippen molar-refractivity contribution in [2.24, 2.45) is 5.92 Å². The summed E-state index contributed by atoms with van der Waals surface area (Å²) in [5, 5.41) is 5.69. The number of benzene rings is 1. The smallest absolute Gasteiger partial charge is 0.319 e. The van der Waals surface area contributed by atoms with E-state index in [9.17, 15) is 4.79 Å². The molecule has 2 amide bonds. The zero-order valence-corrected chi connectivity index (χ0v) is 11.6. The number of nitrogens with one attached hydrogen (secondary N) is 2. The molecule has 0 heterocycles. The summed E-state index contributed by atoms with van der Waals surface area (Å²) in [5.74, 6) is 0.610. The van der Waals surface area contributed by atoms with Gasteiger partial charge in [0.2, 0.25) is 0 Å². The van der Waals surface area contributed by atoms with Crippen molar-refractivity contribution in [3.8, 4) is 0 Å². The largest absolute Gasteiger partial charge is 0.338 e. The highest BCUT2D eigenvalue weighted by atomic mass is 16.2. The van der Waals surface area contributed by atoms with Crippen LogP contribution in [0.2, 0.25) is 0 Å². The fourth-order valence-electron chi connectivity index (χ4n) is 1.69. The molecule has 3 nitrogen and oxygen atoms in total. The topological polar surface area (TPSA) is 41.1 Å².